The predicted octanol–water partition coefficient (Wildman–Crippen LogP) is 3.14. The van der Waals surface area contributed by atoms with E-state index in [4.69, 9.17) is 19.9 Å². The Morgan fingerprint density at radius 2 is 2.00 bits per heavy atom. The first-order chi connectivity index (χ1) is 15.1. The Hall–Kier alpha value is -2.83. The third-order valence-corrected chi connectivity index (χ3v) is 6.36. The highest BCUT2D eigenvalue weighted by Gasteiger charge is 2.44. The molecule has 2 aliphatic rings. The van der Waals surface area contributed by atoms with E-state index in [1.807, 2.05) is 41.3 Å². The second-order valence-corrected chi connectivity index (χ2v) is 8.24. The van der Waals surface area contributed by atoms with Crippen molar-refractivity contribution in [2.45, 2.75) is 24.8 Å². The number of hydrogen-bond donors (Lipinski definition) is 1. The topological polar surface area (TPSA) is 74.0 Å². The average Bonchev–Trinajstić information content (AvgIpc) is 3.16. The van der Waals surface area contributed by atoms with E-state index in [1.165, 1.54) is 5.56 Å². The summed E-state index contributed by atoms with van der Waals surface area (Å²) in [6.07, 6.45) is 1.74. The molecule has 0 saturated carbocycles. The van der Waals surface area contributed by atoms with Gasteiger partial charge >= 0.3 is 0 Å². The van der Waals surface area contributed by atoms with Crippen LogP contribution >= 0.6 is 0 Å². The van der Waals surface area contributed by atoms with Gasteiger partial charge < -0.3 is 24.8 Å². The summed E-state index contributed by atoms with van der Waals surface area (Å²) >= 11 is 0. The minimum Gasteiger partial charge on any atom is -0.492 e. The Labute approximate surface area is 183 Å². The summed E-state index contributed by atoms with van der Waals surface area (Å²) in [5.74, 6) is 1.63. The van der Waals surface area contributed by atoms with E-state index in [1.54, 1.807) is 7.11 Å². The van der Waals surface area contributed by atoms with Gasteiger partial charge in [-0.3, -0.25) is 4.79 Å². The number of nitrogens with zero attached hydrogens (tertiary/aromatic N) is 1. The molecule has 0 aromatic heterocycles. The van der Waals surface area contributed by atoms with Crippen LogP contribution in [-0.4, -0.2) is 50.8 Å². The van der Waals surface area contributed by atoms with Gasteiger partial charge in [-0.25, -0.2) is 0 Å². The third kappa shape index (κ3) is 4.31. The Balaban J connectivity index is 1.41. The number of ether oxygens (including phenoxy) is 3. The predicted molar refractivity (Wildman–Crippen MR) is 120 cm³/mol. The number of rotatable bonds is 7. The van der Waals surface area contributed by atoms with Gasteiger partial charge in [0.15, 0.2) is 0 Å². The van der Waals surface area contributed by atoms with E-state index in [2.05, 4.69) is 12.6 Å². The van der Waals surface area contributed by atoms with E-state index in [0.717, 1.165) is 29.7 Å². The summed E-state index contributed by atoms with van der Waals surface area (Å²) in [4.78, 5) is 15.0. The first-order valence-corrected chi connectivity index (χ1v) is 10.7. The van der Waals surface area contributed by atoms with Crippen molar-refractivity contribution in [3.63, 3.8) is 0 Å². The van der Waals surface area contributed by atoms with Gasteiger partial charge in [0.25, 0.3) is 5.91 Å². The molecule has 6 heteroatoms. The summed E-state index contributed by atoms with van der Waals surface area (Å²) in [7, 11) is 1.64. The van der Waals surface area contributed by atoms with E-state index < -0.39 is 0 Å². The van der Waals surface area contributed by atoms with Crippen LogP contribution in [0.2, 0.25) is 0 Å². The second kappa shape index (κ2) is 9.12. The molecule has 0 bridgehead atoms. The molecule has 2 aliphatic heterocycles. The van der Waals surface area contributed by atoms with E-state index in [9.17, 15) is 4.79 Å². The van der Waals surface area contributed by atoms with Gasteiger partial charge in [-0.1, -0.05) is 30.8 Å². The quantitative estimate of drug-likeness (QED) is 0.548. The van der Waals surface area contributed by atoms with Gasteiger partial charge in [0.2, 0.25) is 0 Å². The SMILES string of the molecule is C=C(C(=O)N1CCC2(CC1)COc1ccc(CN)cc12)c1cccc(OCCOC)c1. The Bertz CT molecular complexity index is 964. The fourth-order valence-corrected chi connectivity index (χ4v) is 4.42. The molecule has 4 rings (SSSR count). The van der Waals surface area contributed by atoms with Crippen LogP contribution in [0, 0.1) is 0 Å². The lowest BCUT2D eigenvalue weighted by atomic mass is 9.74. The molecule has 31 heavy (non-hydrogen) atoms. The van der Waals surface area contributed by atoms with Crippen LogP contribution in [0.3, 0.4) is 0 Å². The molecular weight excluding hydrogens is 392 g/mol. The maximum absolute atomic E-state index is 13.1. The monoisotopic (exact) mass is 422 g/mol. The molecule has 1 spiro atoms. The largest absolute Gasteiger partial charge is 0.492 e. The average molecular weight is 423 g/mol. The van der Waals surface area contributed by atoms with Crippen molar-refractivity contribution in [3.8, 4) is 11.5 Å². The van der Waals surface area contributed by atoms with Crippen molar-refractivity contribution >= 4 is 11.5 Å². The van der Waals surface area contributed by atoms with Crippen LogP contribution < -0.4 is 15.2 Å². The van der Waals surface area contributed by atoms with E-state index in [-0.39, 0.29) is 11.3 Å². The first kappa shape index (κ1) is 21.4. The van der Waals surface area contributed by atoms with Gasteiger partial charge in [0.1, 0.15) is 18.1 Å². The zero-order chi connectivity index (χ0) is 21.8. The number of carbonyl (C=O) groups excluding carboxylic acids is 1. The third-order valence-electron chi connectivity index (χ3n) is 6.36. The first-order valence-electron chi connectivity index (χ1n) is 10.7. The fourth-order valence-electron chi connectivity index (χ4n) is 4.42. The highest BCUT2D eigenvalue weighted by Crippen LogP contribution is 2.46. The zero-order valence-electron chi connectivity index (χ0n) is 18.1. The maximum Gasteiger partial charge on any atom is 0.253 e. The van der Waals surface area contributed by atoms with Crippen LogP contribution in [0.25, 0.3) is 5.57 Å². The smallest absolute Gasteiger partial charge is 0.253 e. The number of piperidine rings is 1. The molecule has 6 nitrogen and oxygen atoms in total. The molecule has 1 fully saturated rings. The number of hydrogen-bond acceptors (Lipinski definition) is 5. The molecule has 164 valence electrons. The molecule has 0 atom stereocenters. The minimum absolute atomic E-state index is 0.0289. The molecular formula is C25H30N2O4. The molecule has 2 N–H and O–H groups in total. The lowest BCUT2D eigenvalue weighted by molar-refractivity contribution is -0.126. The maximum atomic E-state index is 13.1. The number of nitrogens with two attached hydrogens (primary N) is 1. The number of methoxy groups -OCH3 is 1. The van der Waals surface area contributed by atoms with Crippen molar-refractivity contribution in [1.82, 2.24) is 4.90 Å². The van der Waals surface area contributed by atoms with Crippen molar-refractivity contribution in [1.29, 1.82) is 0 Å². The normalized spacial score (nSPS) is 16.6. The summed E-state index contributed by atoms with van der Waals surface area (Å²) in [5.41, 5.74) is 9.42. The van der Waals surface area contributed by atoms with E-state index >= 15 is 0 Å². The van der Waals surface area contributed by atoms with Gasteiger partial charge in [-0.05, 0) is 42.2 Å². The second-order valence-electron chi connectivity index (χ2n) is 8.24. The molecule has 1 saturated heterocycles. The van der Waals surface area contributed by atoms with E-state index in [0.29, 0.717) is 50.8 Å². The minimum atomic E-state index is -0.0340. The van der Waals surface area contributed by atoms with Crippen LogP contribution in [0.4, 0.5) is 0 Å². The standard InChI is InChI=1S/C25H30N2O4/c1-18(20-4-3-5-21(15-20)30-13-12-29-2)24(28)27-10-8-25(9-11-27)17-31-23-7-6-19(16-26)14-22(23)25/h3-7,14-15H,1,8-13,16-17,26H2,2H3. The Kier molecular flexibility index (Phi) is 6.30. The zero-order valence-corrected chi connectivity index (χ0v) is 18.1. The number of amides is 1. The van der Waals surface area contributed by atoms with Crippen LogP contribution in [0.15, 0.2) is 49.0 Å². The Morgan fingerprint density at radius 3 is 2.74 bits per heavy atom. The lowest BCUT2D eigenvalue weighted by Crippen LogP contribution is -2.46. The van der Waals surface area contributed by atoms with Crippen molar-refractivity contribution in [3.05, 3.63) is 65.7 Å². The van der Waals surface area contributed by atoms with Crippen LogP contribution in [-0.2, 0) is 21.5 Å². The lowest BCUT2D eigenvalue weighted by Gasteiger charge is -2.39. The fraction of sp³-hybridized carbons (Fsp3) is 0.400. The van der Waals surface area contributed by atoms with Crippen molar-refractivity contribution in [2.24, 2.45) is 5.73 Å². The van der Waals surface area contributed by atoms with Crippen molar-refractivity contribution in [2.75, 3.05) is 40.0 Å². The highest BCUT2D eigenvalue weighted by atomic mass is 16.5. The summed E-state index contributed by atoms with van der Waals surface area (Å²) in [6, 6.07) is 13.7. The Morgan fingerprint density at radius 1 is 1.19 bits per heavy atom. The number of carbonyl (C=O) groups is 1. The number of likely N-dealkylation sites (tertiary alicyclic amines) is 1. The molecule has 2 heterocycles. The molecule has 1 amide bonds. The molecule has 0 unspecified atom stereocenters. The van der Waals surface area contributed by atoms with Gasteiger partial charge in [-0.15, -0.1) is 0 Å². The van der Waals surface area contributed by atoms with Crippen LogP contribution in [0.5, 0.6) is 11.5 Å². The summed E-state index contributed by atoms with van der Waals surface area (Å²) < 4.78 is 16.7. The molecule has 0 aliphatic carbocycles. The van der Waals surface area contributed by atoms with Crippen LogP contribution in [0.1, 0.15) is 29.5 Å². The van der Waals surface area contributed by atoms with Gasteiger partial charge in [-0.2, -0.15) is 0 Å². The summed E-state index contributed by atoms with van der Waals surface area (Å²) in [5, 5.41) is 0. The number of fused-ring (bicyclic) bond motifs is 2. The van der Waals surface area contributed by atoms with Gasteiger partial charge in [0, 0.05) is 43.3 Å². The molecule has 0 radical (unpaired) electrons. The van der Waals surface area contributed by atoms with Gasteiger partial charge in [0.05, 0.1) is 13.2 Å². The molecule has 2 aromatic rings. The summed E-state index contributed by atoms with van der Waals surface area (Å²) in [6.45, 7) is 7.59. The van der Waals surface area contributed by atoms with Crippen molar-refractivity contribution < 1.29 is 19.0 Å². The molecule has 2 aromatic carbocycles. The number of benzene rings is 2. The highest BCUT2D eigenvalue weighted by molar-refractivity contribution is 6.18.